The number of Topliss-reactive ketones (excluding diaryl/α,β-unsaturated/α-hetero) is 2. The standard InChI is InChI=1S/C26H36O3S2/c1-14(27)13-30-24-19-12-21-18-6-5-16-11-17(29)7-9-25(16,3)20(18)8-10-26(21,4)22(19)23(31-24)15(2)28/h16-18,20-21,29H,5-13H2,1-4H3/t16-,17-,18+,20-,21-,25-,26-/m0/s1. The van der Waals surface area contributed by atoms with Gasteiger partial charge in [-0.1, -0.05) is 13.8 Å². The number of hydrogen-bond acceptors (Lipinski definition) is 5. The van der Waals surface area contributed by atoms with Gasteiger partial charge in [-0.25, -0.2) is 0 Å². The Kier molecular flexibility index (Phi) is 5.50. The molecule has 4 aliphatic carbocycles. The Morgan fingerprint density at radius 2 is 1.87 bits per heavy atom. The third-order valence-corrected chi connectivity index (χ3v) is 12.5. The first-order valence-corrected chi connectivity index (χ1v) is 13.9. The number of aliphatic hydroxyl groups excluding tert-OH is 1. The number of carbonyl (C=O) groups excluding carboxylic acids is 2. The number of hydrogen-bond donors (Lipinski definition) is 1. The van der Waals surface area contributed by atoms with Gasteiger partial charge >= 0.3 is 0 Å². The summed E-state index contributed by atoms with van der Waals surface area (Å²) in [5.41, 5.74) is 3.22. The van der Waals surface area contributed by atoms with Crippen LogP contribution in [-0.4, -0.2) is 28.5 Å². The highest BCUT2D eigenvalue weighted by Gasteiger charge is 2.60. The minimum Gasteiger partial charge on any atom is -0.393 e. The lowest BCUT2D eigenvalue weighted by molar-refractivity contribution is -0.114. The summed E-state index contributed by atoms with van der Waals surface area (Å²) in [7, 11) is 0. The largest absolute Gasteiger partial charge is 0.393 e. The zero-order chi connectivity index (χ0) is 22.1. The molecule has 0 aliphatic heterocycles. The summed E-state index contributed by atoms with van der Waals surface area (Å²) in [4.78, 5) is 25.3. The van der Waals surface area contributed by atoms with E-state index in [1.807, 2.05) is 0 Å². The van der Waals surface area contributed by atoms with E-state index in [1.165, 1.54) is 47.4 Å². The fourth-order valence-corrected chi connectivity index (χ4v) is 10.7. The molecule has 3 saturated carbocycles. The van der Waals surface area contributed by atoms with E-state index in [0.29, 0.717) is 23.0 Å². The summed E-state index contributed by atoms with van der Waals surface area (Å²) in [5.74, 6) is 3.65. The van der Waals surface area contributed by atoms with Crippen molar-refractivity contribution in [3.63, 3.8) is 0 Å². The molecule has 3 fully saturated rings. The zero-order valence-electron chi connectivity index (χ0n) is 19.3. The van der Waals surface area contributed by atoms with Crippen LogP contribution in [0.2, 0.25) is 0 Å². The van der Waals surface area contributed by atoms with Crippen LogP contribution in [0.3, 0.4) is 0 Å². The van der Waals surface area contributed by atoms with E-state index in [0.717, 1.165) is 36.0 Å². The zero-order valence-corrected chi connectivity index (χ0v) is 21.0. The topological polar surface area (TPSA) is 54.4 Å². The average molecular weight is 461 g/mol. The number of carbonyl (C=O) groups is 2. The van der Waals surface area contributed by atoms with Gasteiger partial charge in [-0.15, -0.1) is 23.1 Å². The maximum atomic E-state index is 12.6. The van der Waals surface area contributed by atoms with Crippen LogP contribution in [0.4, 0.5) is 0 Å². The van der Waals surface area contributed by atoms with Crippen LogP contribution in [0.1, 0.15) is 93.4 Å². The van der Waals surface area contributed by atoms with Gasteiger partial charge in [0.05, 0.1) is 20.9 Å². The van der Waals surface area contributed by atoms with Crippen LogP contribution in [0.25, 0.3) is 0 Å². The summed E-state index contributed by atoms with van der Waals surface area (Å²) < 4.78 is 1.23. The monoisotopic (exact) mass is 460 g/mol. The molecule has 5 rings (SSSR count). The van der Waals surface area contributed by atoms with Gasteiger partial charge in [0.15, 0.2) is 5.78 Å². The van der Waals surface area contributed by atoms with E-state index in [1.54, 1.807) is 36.9 Å². The van der Waals surface area contributed by atoms with Gasteiger partial charge in [-0.3, -0.25) is 9.59 Å². The molecule has 0 saturated heterocycles. The molecular weight excluding hydrogens is 424 g/mol. The Morgan fingerprint density at radius 3 is 2.58 bits per heavy atom. The van der Waals surface area contributed by atoms with Crippen molar-refractivity contribution in [2.45, 2.75) is 94.8 Å². The van der Waals surface area contributed by atoms with E-state index in [9.17, 15) is 14.7 Å². The average Bonchev–Trinajstić information content (AvgIpc) is 3.22. The molecule has 1 N–H and O–H groups in total. The Labute approximate surface area is 194 Å². The first kappa shape index (κ1) is 22.2. The molecule has 0 aromatic carbocycles. The van der Waals surface area contributed by atoms with Gasteiger partial charge in [0.25, 0.3) is 0 Å². The SMILES string of the molecule is CC(=O)CSc1sc(C(C)=O)c2c1C[C@H]1[C@@H]3CC[C@H]4C[C@@H](O)CC[C@]4(C)[C@H]3CC[C@]21C. The summed E-state index contributed by atoms with van der Waals surface area (Å²) in [6, 6.07) is 0. The van der Waals surface area contributed by atoms with Crippen molar-refractivity contribution in [3.05, 3.63) is 16.0 Å². The van der Waals surface area contributed by atoms with E-state index in [2.05, 4.69) is 13.8 Å². The van der Waals surface area contributed by atoms with Gasteiger partial charge in [0, 0.05) is 0 Å². The number of ketones is 2. The van der Waals surface area contributed by atoms with Crippen molar-refractivity contribution in [2.75, 3.05) is 5.75 Å². The Bertz CT molecular complexity index is 920. The highest BCUT2D eigenvalue weighted by atomic mass is 32.2. The van der Waals surface area contributed by atoms with Gasteiger partial charge in [0.1, 0.15) is 5.78 Å². The van der Waals surface area contributed by atoms with Crippen LogP contribution >= 0.6 is 23.1 Å². The summed E-state index contributed by atoms with van der Waals surface area (Å²) in [5, 5.41) is 10.3. The second-order valence-corrected chi connectivity index (χ2v) is 13.6. The van der Waals surface area contributed by atoms with Gasteiger partial charge in [-0.2, -0.15) is 0 Å². The van der Waals surface area contributed by atoms with E-state index >= 15 is 0 Å². The molecular formula is C26H36O3S2. The molecule has 0 spiro atoms. The first-order chi connectivity index (χ1) is 14.6. The molecule has 4 aliphatic rings. The molecule has 1 aromatic rings. The summed E-state index contributed by atoms with van der Waals surface area (Å²) in [6.07, 6.45) is 9.06. The number of thioether (sulfide) groups is 1. The van der Waals surface area contributed by atoms with Gasteiger partial charge in [-0.05, 0) is 111 Å². The highest BCUT2D eigenvalue weighted by molar-refractivity contribution is 8.01. The molecule has 170 valence electrons. The van der Waals surface area contributed by atoms with Crippen LogP contribution in [0, 0.1) is 29.1 Å². The maximum absolute atomic E-state index is 12.6. The fraction of sp³-hybridized carbons (Fsp3) is 0.769. The second-order valence-electron chi connectivity index (χ2n) is 11.4. The number of aliphatic hydroxyl groups is 1. The summed E-state index contributed by atoms with van der Waals surface area (Å²) >= 11 is 3.30. The highest BCUT2D eigenvalue weighted by Crippen LogP contribution is 2.67. The Balaban J connectivity index is 1.50. The predicted molar refractivity (Wildman–Crippen MR) is 127 cm³/mol. The van der Waals surface area contributed by atoms with Crippen molar-refractivity contribution < 1.29 is 14.7 Å². The van der Waals surface area contributed by atoms with Crippen molar-refractivity contribution in [1.29, 1.82) is 0 Å². The lowest BCUT2D eigenvalue weighted by atomic mass is 9.45. The molecule has 0 unspecified atom stereocenters. The maximum Gasteiger partial charge on any atom is 0.170 e. The van der Waals surface area contributed by atoms with E-state index in [4.69, 9.17) is 0 Å². The minimum absolute atomic E-state index is 0.0966. The third kappa shape index (κ3) is 3.32. The molecule has 0 bridgehead atoms. The van der Waals surface area contributed by atoms with Gasteiger partial charge in [0.2, 0.25) is 0 Å². The third-order valence-electron chi connectivity index (χ3n) is 9.72. The van der Waals surface area contributed by atoms with Crippen LogP contribution in [-0.2, 0) is 16.6 Å². The Morgan fingerprint density at radius 1 is 1.10 bits per heavy atom. The van der Waals surface area contributed by atoms with Crippen LogP contribution in [0.15, 0.2) is 4.21 Å². The van der Waals surface area contributed by atoms with Crippen molar-refractivity contribution in [3.8, 4) is 0 Å². The number of thiophene rings is 1. The minimum atomic E-state index is -0.0966. The molecule has 5 heteroatoms. The van der Waals surface area contributed by atoms with Crippen molar-refractivity contribution in [2.24, 2.45) is 29.1 Å². The molecule has 7 atom stereocenters. The van der Waals surface area contributed by atoms with E-state index < -0.39 is 0 Å². The predicted octanol–water partition coefficient (Wildman–Crippen LogP) is 6.05. The van der Waals surface area contributed by atoms with E-state index in [-0.39, 0.29) is 23.1 Å². The van der Waals surface area contributed by atoms with Crippen LogP contribution < -0.4 is 0 Å². The molecule has 1 heterocycles. The second kappa shape index (κ2) is 7.70. The molecule has 1 aromatic heterocycles. The van der Waals surface area contributed by atoms with Crippen LogP contribution in [0.5, 0.6) is 0 Å². The molecule has 31 heavy (non-hydrogen) atoms. The summed E-state index contributed by atoms with van der Waals surface area (Å²) in [6.45, 7) is 8.34. The fourth-order valence-electron chi connectivity index (χ4n) is 8.23. The Hall–Kier alpha value is -0.650. The van der Waals surface area contributed by atoms with Crippen molar-refractivity contribution >= 4 is 34.7 Å². The number of rotatable bonds is 4. The lowest BCUT2D eigenvalue weighted by Gasteiger charge is -2.60. The number of fused-ring (bicyclic) bond motifs is 7. The normalized spacial score (nSPS) is 41.1. The van der Waals surface area contributed by atoms with Crippen molar-refractivity contribution in [1.82, 2.24) is 0 Å². The quantitative estimate of drug-likeness (QED) is 0.439. The first-order valence-electron chi connectivity index (χ1n) is 12.1. The molecule has 3 nitrogen and oxygen atoms in total. The van der Waals surface area contributed by atoms with Gasteiger partial charge < -0.3 is 5.11 Å². The molecule has 0 radical (unpaired) electrons. The smallest absolute Gasteiger partial charge is 0.170 e. The molecule has 0 amide bonds. The lowest BCUT2D eigenvalue weighted by Crippen LogP contribution is -2.54.